The first-order chi connectivity index (χ1) is 12.9. The Kier molecular flexibility index (Phi) is 11.3. The molecule has 0 radical (unpaired) electrons. The normalized spacial score (nSPS) is 17.8. The maximum Gasteiger partial charge on any atom is 0.213 e. The summed E-state index contributed by atoms with van der Waals surface area (Å²) >= 11 is 0. The molecule has 7 nitrogen and oxygen atoms in total. The zero-order chi connectivity index (χ0) is 19.7. The smallest absolute Gasteiger partial charge is 0.213 e. The molecule has 1 unspecified atom stereocenters. The van der Waals surface area contributed by atoms with E-state index in [0.717, 1.165) is 48.9 Å². The molecule has 1 aromatic rings. The number of guanidine groups is 1. The molecule has 0 aromatic heterocycles. The number of sulfonamides is 1. The van der Waals surface area contributed by atoms with Crippen LogP contribution in [0.25, 0.3) is 0 Å². The van der Waals surface area contributed by atoms with Crippen LogP contribution in [-0.2, 0) is 27.6 Å². The van der Waals surface area contributed by atoms with Crippen molar-refractivity contribution < 1.29 is 13.2 Å². The fourth-order valence-electron chi connectivity index (χ4n) is 3.12. The number of para-hydroxylation sites is 1. The van der Waals surface area contributed by atoms with Gasteiger partial charge >= 0.3 is 0 Å². The van der Waals surface area contributed by atoms with Crippen molar-refractivity contribution in [3.05, 3.63) is 29.3 Å². The quantitative estimate of drug-likeness (QED) is 0.262. The fourth-order valence-corrected chi connectivity index (χ4v) is 4.03. The number of anilines is 1. The Morgan fingerprint density at radius 3 is 2.50 bits per heavy atom. The minimum Gasteiger partial charge on any atom is -0.377 e. The van der Waals surface area contributed by atoms with Gasteiger partial charge in [0.1, 0.15) is 0 Å². The number of nitrogens with two attached hydrogens (primary N) is 1. The number of aliphatic imine (C=N–C) groups is 1. The molecule has 0 spiro atoms. The van der Waals surface area contributed by atoms with E-state index >= 15 is 0 Å². The van der Waals surface area contributed by atoms with Crippen LogP contribution in [0.1, 0.15) is 44.2 Å². The molecule has 4 N–H and O–H groups in total. The maximum atomic E-state index is 12.1. The lowest BCUT2D eigenvalue weighted by Gasteiger charge is -2.22. The first kappa shape index (κ1) is 25.1. The lowest BCUT2D eigenvalue weighted by atomic mass is 10.0. The molecule has 0 bridgehead atoms. The molecular formula is C19H33IN4O3S. The van der Waals surface area contributed by atoms with Crippen LogP contribution in [0.4, 0.5) is 5.69 Å². The molecule has 1 heterocycles. The van der Waals surface area contributed by atoms with Crippen LogP contribution in [0, 0.1) is 0 Å². The van der Waals surface area contributed by atoms with Gasteiger partial charge < -0.3 is 15.8 Å². The van der Waals surface area contributed by atoms with Crippen molar-refractivity contribution in [3.8, 4) is 0 Å². The first-order valence-corrected chi connectivity index (χ1v) is 11.4. The summed E-state index contributed by atoms with van der Waals surface area (Å²) in [5, 5.41) is 3.14. The summed E-state index contributed by atoms with van der Waals surface area (Å²) in [5.74, 6) is 0.134. The summed E-state index contributed by atoms with van der Waals surface area (Å²) in [5.41, 5.74) is 9.27. The van der Waals surface area contributed by atoms with Crippen molar-refractivity contribution >= 4 is 45.6 Å². The topological polar surface area (TPSA) is 106 Å². The zero-order valence-corrected chi connectivity index (χ0v) is 19.9. The Balaban J connectivity index is 0.00000392. The highest BCUT2D eigenvalue weighted by Crippen LogP contribution is 2.22. The Labute approximate surface area is 186 Å². The van der Waals surface area contributed by atoms with Gasteiger partial charge in [-0.15, -0.1) is 24.0 Å². The molecule has 0 aliphatic carbocycles. The number of ether oxygens (including phenoxy) is 1. The number of rotatable bonds is 9. The Bertz CT molecular complexity index is 712. The first-order valence-electron chi connectivity index (χ1n) is 9.71. The minimum absolute atomic E-state index is 0. The molecule has 2 rings (SSSR count). The fraction of sp³-hybridized carbons (Fsp3) is 0.632. The van der Waals surface area contributed by atoms with E-state index in [2.05, 4.69) is 41.0 Å². The largest absolute Gasteiger partial charge is 0.377 e. The molecule has 1 atom stereocenters. The number of halogens is 1. The highest BCUT2D eigenvalue weighted by atomic mass is 127. The van der Waals surface area contributed by atoms with Gasteiger partial charge in [0.15, 0.2) is 5.96 Å². The van der Waals surface area contributed by atoms with Gasteiger partial charge in [0.05, 0.1) is 18.4 Å². The monoisotopic (exact) mass is 524 g/mol. The van der Waals surface area contributed by atoms with Gasteiger partial charge in [0, 0.05) is 18.8 Å². The van der Waals surface area contributed by atoms with Crippen LogP contribution in [-0.4, -0.2) is 45.9 Å². The number of aryl methyl sites for hydroxylation is 2. The van der Waals surface area contributed by atoms with Crippen molar-refractivity contribution in [2.45, 2.75) is 52.1 Å². The van der Waals surface area contributed by atoms with Crippen LogP contribution in [0.5, 0.6) is 0 Å². The second-order valence-corrected chi connectivity index (χ2v) is 8.63. The lowest BCUT2D eigenvalue weighted by molar-refractivity contribution is 0.0200. The molecule has 1 aromatic carbocycles. The van der Waals surface area contributed by atoms with E-state index in [1.54, 1.807) is 0 Å². The van der Waals surface area contributed by atoms with E-state index < -0.39 is 10.0 Å². The highest BCUT2D eigenvalue weighted by molar-refractivity contribution is 14.0. The molecule has 9 heteroatoms. The average molecular weight is 524 g/mol. The lowest BCUT2D eigenvalue weighted by Crippen LogP contribution is -2.37. The van der Waals surface area contributed by atoms with Crippen LogP contribution in [0.2, 0.25) is 0 Å². The van der Waals surface area contributed by atoms with Gasteiger partial charge in [-0.1, -0.05) is 32.0 Å². The summed E-state index contributed by atoms with van der Waals surface area (Å²) in [6.45, 7) is 5.31. The SMILES string of the molecule is CCc1cccc(CC)c1NC(N)=NCCS(=O)(=O)NCC1CCCCO1.I. The van der Waals surface area contributed by atoms with Gasteiger partial charge in [-0.3, -0.25) is 4.99 Å². The van der Waals surface area contributed by atoms with Gasteiger partial charge in [-0.05, 0) is 43.2 Å². The second kappa shape index (κ2) is 12.6. The number of nitrogens with zero attached hydrogens (tertiary/aromatic N) is 1. The summed E-state index contributed by atoms with van der Waals surface area (Å²) in [7, 11) is -3.40. The predicted molar refractivity (Wildman–Crippen MR) is 126 cm³/mol. The van der Waals surface area contributed by atoms with Crippen LogP contribution in [0.3, 0.4) is 0 Å². The third kappa shape index (κ3) is 8.22. The molecule has 160 valence electrons. The Morgan fingerprint density at radius 2 is 1.93 bits per heavy atom. The summed E-state index contributed by atoms with van der Waals surface area (Å²) < 4.78 is 32.4. The van der Waals surface area contributed by atoms with Gasteiger partial charge in [-0.25, -0.2) is 13.1 Å². The van der Waals surface area contributed by atoms with E-state index in [1.165, 1.54) is 0 Å². The molecule has 1 fully saturated rings. The van der Waals surface area contributed by atoms with E-state index in [9.17, 15) is 8.42 Å². The third-order valence-corrected chi connectivity index (χ3v) is 6.03. The van der Waals surface area contributed by atoms with Crippen LogP contribution in [0.15, 0.2) is 23.2 Å². The van der Waals surface area contributed by atoms with Gasteiger partial charge in [0.25, 0.3) is 0 Å². The summed E-state index contributed by atoms with van der Waals surface area (Å²) in [4.78, 5) is 4.18. The number of hydrogen-bond acceptors (Lipinski definition) is 4. The Morgan fingerprint density at radius 1 is 1.25 bits per heavy atom. The number of benzene rings is 1. The van der Waals surface area contributed by atoms with Crippen molar-refractivity contribution in [3.63, 3.8) is 0 Å². The molecule has 0 amide bonds. The van der Waals surface area contributed by atoms with Crippen LogP contribution < -0.4 is 15.8 Å². The predicted octanol–water partition coefficient (Wildman–Crippen LogP) is 2.64. The highest BCUT2D eigenvalue weighted by Gasteiger charge is 2.17. The molecule has 28 heavy (non-hydrogen) atoms. The second-order valence-electron chi connectivity index (χ2n) is 6.71. The third-order valence-electron chi connectivity index (χ3n) is 4.70. The molecule has 0 saturated carbocycles. The minimum atomic E-state index is -3.40. The van der Waals surface area contributed by atoms with Crippen molar-refractivity contribution in [2.24, 2.45) is 10.7 Å². The van der Waals surface area contributed by atoms with Crippen molar-refractivity contribution in [1.82, 2.24) is 4.72 Å². The zero-order valence-electron chi connectivity index (χ0n) is 16.7. The van der Waals surface area contributed by atoms with Crippen molar-refractivity contribution in [2.75, 3.05) is 30.8 Å². The van der Waals surface area contributed by atoms with E-state index in [4.69, 9.17) is 10.5 Å². The summed E-state index contributed by atoms with van der Waals surface area (Å²) in [6.07, 6.45) is 4.76. The standard InChI is InChI=1S/C19H32N4O3S.HI/c1-3-15-8-7-9-16(4-2)18(15)23-19(20)21-11-13-27(24,25)22-14-17-10-5-6-12-26-17;/h7-9,17,22H,3-6,10-14H2,1-2H3,(H3,20,21,23);1H. The van der Waals surface area contributed by atoms with Gasteiger partial charge in [-0.2, -0.15) is 0 Å². The van der Waals surface area contributed by atoms with Crippen molar-refractivity contribution in [1.29, 1.82) is 0 Å². The molecule has 1 aliphatic rings. The number of nitrogens with one attached hydrogen (secondary N) is 2. The maximum absolute atomic E-state index is 12.1. The van der Waals surface area contributed by atoms with E-state index in [1.807, 2.05) is 6.07 Å². The van der Waals surface area contributed by atoms with Gasteiger partial charge in [0.2, 0.25) is 10.0 Å². The van der Waals surface area contributed by atoms with E-state index in [0.29, 0.717) is 13.2 Å². The van der Waals surface area contributed by atoms with Crippen LogP contribution >= 0.6 is 24.0 Å². The molecule has 1 saturated heterocycles. The Hall–Kier alpha value is -0.910. The molecular weight excluding hydrogens is 491 g/mol. The summed E-state index contributed by atoms with van der Waals surface area (Å²) in [6, 6.07) is 6.14. The number of hydrogen-bond donors (Lipinski definition) is 3. The average Bonchev–Trinajstić information content (AvgIpc) is 2.67. The van der Waals surface area contributed by atoms with E-state index in [-0.39, 0.29) is 48.3 Å². The molecule has 1 aliphatic heterocycles.